The van der Waals surface area contributed by atoms with E-state index in [9.17, 15) is 9.59 Å². The fraction of sp³-hybridized carbons (Fsp3) is 0.429. The van der Waals surface area contributed by atoms with E-state index in [1.807, 2.05) is 0 Å². The second kappa shape index (κ2) is 4.62. The quantitative estimate of drug-likeness (QED) is 0.339. The summed E-state index contributed by atoms with van der Waals surface area (Å²) < 4.78 is 4.34. The summed E-state index contributed by atoms with van der Waals surface area (Å²) in [6.07, 6.45) is 1.06. The molecular weight excluding hydrogens is 146 g/mol. The lowest BCUT2D eigenvalue weighted by Gasteiger charge is -2.07. The molecule has 0 aromatic carbocycles. The standard InChI is InChI=1S/C7H11NO3/c1-3-6(9)5(4-8)7(10)11-2/h3,5H,1,4,8H2,2H3. The first-order valence-corrected chi connectivity index (χ1v) is 3.11. The van der Waals surface area contributed by atoms with Crippen molar-refractivity contribution in [1.82, 2.24) is 0 Å². The molecule has 0 fully saturated rings. The van der Waals surface area contributed by atoms with Gasteiger partial charge < -0.3 is 10.5 Å². The molecule has 0 aromatic rings. The number of esters is 1. The minimum absolute atomic E-state index is 0.0441. The molecule has 0 aliphatic carbocycles. The topological polar surface area (TPSA) is 69.4 Å². The number of methoxy groups -OCH3 is 1. The van der Waals surface area contributed by atoms with Gasteiger partial charge in [-0.1, -0.05) is 6.58 Å². The molecular formula is C7H11NO3. The van der Waals surface area contributed by atoms with E-state index >= 15 is 0 Å². The third-order valence-electron chi connectivity index (χ3n) is 1.27. The molecule has 0 rings (SSSR count). The van der Waals surface area contributed by atoms with E-state index in [0.717, 1.165) is 6.08 Å². The SMILES string of the molecule is C=CC(=O)C(CN)C(=O)OC. The van der Waals surface area contributed by atoms with Gasteiger partial charge in [-0.3, -0.25) is 9.59 Å². The summed E-state index contributed by atoms with van der Waals surface area (Å²) in [6.45, 7) is 3.19. The molecule has 0 heterocycles. The van der Waals surface area contributed by atoms with Gasteiger partial charge in [0.05, 0.1) is 7.11 Å². The molecule has 0 saturated heterocycles. The molecule has 0 spiro atoms. The molecule has 4 nitrogen and oxygen atoms in total. The van der Waals surface area contributed by atoms with Crippen LogP contribution in [0.5, 0.6) is 0 Å². The van der Waals surface area contributed by atoms with E-state index < -0.39 is 17.7 Å². The molecule has 0 aliphatic rings. The average Bonchev–Trinajstić information content (AvgIpc) is 2.05. The van der Waals surface area contributed by atoms with Gasteiger partial charge in [-0.25, -0.2) is 0 Å². The van der Waals surface area contributed by atoms with Gasteiger partial charge >= 0.3 is 5.97 Å². The Morgan fingerprint density at radius 2 is 2.27 bits per heavy atom. The number of carbonyl (C=O) groups is 2. The van der Waals surface area contributed by atoms with Crippen LogP contribution >= 0.6 is 0 Å². The molecule has 62 valence electrons. The molecule has 0 bridgehead atoms. The molecule has 0 radical (unpaired) electrons. The predicted octanol–water partition coefficient (Wildman–Crippen LogP) is -0.511. The largest absolute Gasteiger partial charge is 0.468 e. The molecule has 0 amide bonds. The van der Waals surface area contributed by atoms with E-state index in [2.05, 4.69) is 11.3 Å². The van der Waals surface area contributed by atoms with Crippen LogP contribution in [0, 0.1) is 5.92 Å². The number of allylic oxidation sites excluding steroid dienone is 1. The van der Waals surface area contributed by atoms with Gasteiger partial charge in [0, 0.05) is 6.54 Å². The van der Waals surface area contributed by atoms with Crippen LogP contribution in [0.3, 0.4) is 0 Å². The fourth-order valence-corrected chi connectivity index (χ4v) is 0.613. The third kappa shape index (κ3) is 2.51. The summed E-state index contributed by atoms with van der Waals surface area (Å²) in [7, 11) is 1.21. The Labute approximate surface area is 65.0 Å². The van der Waals surface area contributed by atoms with Crippen LogP contribution in [0.1, 0.15) is 0 Å². The lowest BCUT2D eigenvalue weighted by Crippen LogP contribution is -2.31. The second-order valence-corrected chi connectivity index (χ2v) is 1.92. The lowest BCUT2D eigenvalue weighted by molar-refractivity contribution is -0.147. The monoisotopic (exact) mass is 157 g/mol. The van der Waals surface area contributed by atoms with Gasteiger partial charge in [0.1, 0.15) is 5.92 Å². The van der Waals surface area contributed by atoms with Gasteiger partial charge in [-0.15, -0.1) is 0 Å². The van der Waals surface area contributed by atoms with Crippen molar-refractivity contribution >= 4 is 11.8 Å². The molecule has 1 unspecified atom stereocenters. The Bertz CT molecular complexity index is 177. The van der Waals surface area contributed by atoms with Crippen LogP contribution < -0.4 is 5.73 Å². The van der Waals surface area contributed by atoms with E-state index in [4.69, 9.17) is 5.73 Å². The first-order chi connectivity index (χ1) is 5.17. The Morgan fingerprint density at radius 1 is 1.73 bits per heavy atom. The van der Waals surface area contributed by atoms with Gasteiger partial charge in [-0.2, -0.15) is 0 Å². The molecule has 0 aliphatic heterocycles. The number of rotatable bonds is 4. The molecule has 0 aromatic heterocycles. The van der Waals surface area contributed by atoms with Crippen LogP contribution in [0.2, 0.25) is 0 Å². The zero-order chi connectivity index (χ0) is 8.85. The maximum atomic E-state index is 10.8. The Morgan fingerprint density at radius 3 is 2.55 bits per heavy atom. The Balaban J connectivity index is 4.27. The maximum Gasteiger partial charge on any atom is 0.317 e. The number of ketones is 1. The minimum atomic E-state index is -0.891. The number of hydrogen-bond donors (Lipinski definition) is 1. The van der Waals surface area contributed by atoms with Crippen molar-refractivity contribution in [3.8, 4) is 0 Å². The smallest absolute Gasteiger partial charge is 0.317 e. The number of ether oxygens (including phenoxy) is 1. The first-order valence-electron chi connectivity index (χ1n) is 3.11. The van der Waals surface area contributed by atoms with Crippen LogP contribution in [0.4, 0.5) is 0 Å². The number of hydrogen-bond acceptors (Lipinski definition) is 4. The summed E-state index contributed by atoms with van der Waals surface area (Å²) in [6, 6.07) is 0. The second-order valence-electron chi connectivity index (χ2n) is 1.92. The number of carbonyl (C=O) groups excluding carboxylic acids is 2. The highest BCUT2D eigenvalue weighted by Crippen LogP contribution is 1.99. The van der Waals surface area contributed by atoms with E-state index in [1.165, 1.54) is 7.11 Å². The van der Waals surface area contributed by atoms with Crippen molar-refractivity contribution in [1.29, 1.82) is 0 Å². The summed E-state index contributed by atoms with van der Waals surface area (Å²) in [5.74, 6) is -1.91. The van der Waals surface area contributed by atoms with Crippen molar-refractivity contribution in [2.24, 2.45) is 11.7 Å². The van der Waals surface area contributed by atoms with E-state index in [-0.39, 0.29) is 6.54 Å². The zero-order valence-corrected chi connectivity index (χ0v) is 6.37. The van der Waals surface area contributed by atoms with E-state index in [0.29, 0.717) is 0 Å². The highest BCUT2D eigenvalue weighted by atomic mass is 16.5. The fourth-order valence-electron chi connectivity index (χ4n) is 0.613. The first kappa shape index (κ1) is 9.84. The van der Waals surface area contributed by atoms with Crippen molar-refractivity contribution in [3.05, 3.63) is 12.7 Å². The van der Waals surface area contributed by atoms with Gasteiger partial charge in [0.25, 0.3) is 0 Å². The maximum absolute atomic E-state index is 10.8. The molecule has 11 heavy (non-hydrogen) atoms. The summed E-state index contributed by atoms with van der Waals surface area (Å²) in [4.78, 5) is 21.6. The Kier molecular flexibility index (Phi) is 4.14. The van der Waals surface area contributed by atoms with Gasteiger partial charge in [0.15, 0.2) is 5.78 Å². The van der Waals surface area contributed by atoms with Crippen molar-refractivity contribution in [2.75, 3.05) is 13.7 Å². The van der Waals surface area contributed by atoms with Crippen molar-refractivity contribution < 1.29 is 14.3 Å². The minimum Gasteiger partial charge on any atom is -0.468 e. The summed E-state index contributed by atoms with van der Waals surface area (Å²) >= 11 is 0. The molecule has 4 heteroatoms. The third-order valence-corrected chi connectivity index (χ3v) is 1.27. The molecule has 0 saturated carbocycles. The van der Waals surface area contributed by atoms with Crippen LogP contribution in [0.25, 0.3) is 0 Å². The number of nitrogens with two attached hydrogens (primary N) is 1. The summed E-state index contributed by atoms with van der Waals surface area (Å²) in [5, 5.41) is 0. The van der Waals surface area contributed by atoms with Crippen LogP contribution in [-0.4, -0.2) is 25.4 Å². The Hall–Kier alpha value is -1.16. The summed E-state index contributed by atoms with van der Waals surface area (Å²) in [5.41, 5.74) is 5.16. The highest BCUT2D eigenvalue weighted by Gasteiger charge is 2.22. The predicted molar refractivity (Wildman–Crippen MR) is 39.8 cm³/mol. The van der Waals surface area contributed by atoms with Gasteiger partial charge in [-0.05, 0) is 6.08 Å². The molecule has 2 N–H and O–H groups in total. The lowest BCUT2D eigenvalue weighted by atomic mass is 10.1. The average molecular weight is 157 g/mol. The van der Waals surface area contributed by atoms with Crippen LogP contribution in [-0.2, 0) is 14.3 Å². The van der Waals surface area contributed by atoms with Gasteiger partial charge in [0.2, 0.25) is 0 Å². The normalized spacial score (nSPS) is 11.8. The highest BCUT2D eigenvalue weighted by molar-refractivity contribution is 6.04. The van der Waals surface area contributed by atoms with Crippen molar-refractivity contribution in [2.45, 2.75) is 0 Å². The zero-order valence-electron chi connectivity index (χ0n) is 6.37. The van der Waals surface area contributed by atoms with Crippen LogP contribution in [0.15, 0.2) is 12.7 Å². The van der Waals surface area contributed by atoms with Crippen molar-refractivity contribution in [3.63, 3.8) is 0 Å². The van der Waals surface area contributed by atoms with E-state index in [1.54, 1.807) is 0 Å². The molecule has 1 atom stereocenters.